The summed E-state index contributed by atoms with van der Waals surface area (Å²) in [5.74, 6) is 0.218. The zero-order valence-corrected chi connectivity index (χ0v) is 14.4. The Morgan fingerprint density at radius 3 is 2.83 bits per heavy atom. The van der Waals surface area contributed by atoms with E-state index in [1.54, 1.807) is 6.92 Å². The summed E-state index contributed by atoms with van der Waals surface area (Å²) in [6, 6.07) is 0. The van der Waals surface area contributed by atoms with Crippen molar-refractivity contribution in [3.63, 3.8) is 0 Å². The molecule has 0 aromatic carbocycles. The molecule has 0 unspecified atom stereocenters. The lowest BCUT2D eigenvalue weighted by Crippen LogP contribution is -2.14. The number of hydrogen-bond acceptors (Lipinski definition) is 5. The molecule has 126 valence electrons. The number of rotatable bonds is 7. The Labute approximate surface area is 141 Å². The van der Waals surface area contributed by atoms with Crippen LogP contribution in [0.2, 0.25) is 0 Å². The summed E-state index contributed by atoms with van der Waals surface area (Å²) in [5, 5.41) is 3.25. The lowest BCUT2D eigenvalue weighted by Gasteiger charge is -2.20. The number of amides is 1. The van der Waals surface area contributed by atoms with Crippen LogP contribution in [0, 0.1) is 12.8 Å². The zero-order valence-electron chi connectivity index (χ0n) is 13.6. The van der Waals surface area contributed by atoms with E-state index in [9.17, 15) is 9.59 Å². The molecule has 0 bridgehead atoms. The molecule has 2 rings (SSSR count). The van der Waals surface area contributed by atoms with Crippen molar-refractivity contribution in [2.24, 2.45) is 5.92 Å². The number of esters is 1. The van der Waals surface area contributed by atoms with Gasteiger partial charge in [-0.2, -0.15) is 0 Å². The van der Waals surface area contributed by atoms with Crippen LogP contribution in [0.1, 0.15) is 60.3 Å². The molecule has 0 aliphatic heterocycles. The molecule has 1 aliphatic carbocycles. The van der Waals surface area contributed by atoms with Crippen LogP contribution >= 0.6 is 11.3 Å². The Morgan fingerprint density at radius 1 is 1.39 bits per heavy atom. The summed E-state index contributed by atoms with van der Waals surface area (Å²) in [5.41, 5.74) is 0.576. The van der Waals surface area contributed by atoms with Gasteiger partial charge in [0.25, 0.3) is 0 Å². The lowest BCUT2D eigenvalue weighted by atomic mass is 9.86. The topological polar surface area (TPSA) is 68.3 Å². The van der Waals surface area contributed by atoms with Crippen molar-refractivity contribution in [2.75, 3.05) is 11.9 Å². The molecule has 1 fully saturated rings. The first-order valence-corrected chi connectivity index (χ1v) is 8.97. The standard InChI is InChI=1S/C17H24N2O3S/c1-3-11-22-16(21)15-12(2)18-17(23-15)19-14(20)10-9-13-7-5-4-6-8-13/h3,13H,1,4-11H2,2H3,(H,18,19,20). The van der Waals surface area contributed by atoms with E-state index in [1.807, 2.05) is 0 Å². The van der Waals surface area contributed by atoms with Crippen LogP contribution in [0.3, 0.4) is 0 Å². The number of nitrogens with one attached hydrogen (secondary N) is 1. The van der Waals surface area contributed by atoms with Crippen LogP contribution in [0.4, 0.5) is 5.13 Å². The Bertz CT molecular complexity index is 562. The summed E-state index contributed by atoms with van der Waals surface area (Å²) in [6.07, 6.45) is 9.34. The fourth-order valence-electron chi connectivity index (χ4n) is 2.83. The first-order chi connectivity index (χ1) is 11.1. The SMILES string of the molecule is C=CCOC(=O)c1sc(NC(=O)CCC2CCCCC2)nc1C. The third-order valence-corrected chi connectivity index (χ3v) is 5.12. The van der Waals surface area contributed by atoms with E-state index in [2.05, 4.69) is 16.9 Å². The fourth-order valence-corrected chi connectivity index (χ4v) is 3.71. The molecule has 0 spiro atoms. The van der Waals surface area contributed by atoms with E-state index in [0.29, 0.717) is 28.0 Å². The molecular formula is C17H24N2O3S. The first-order valence-electron chi connectivity index (χ1n) is 8.15. The Morgan fingerprint density at radius 2 is 2.13 bits per heavy atom. The Kier molecular flexibility index (Phi) is 6.77. The Hall–Kier alpha value is -1.69. The summed E-state index contributed by atoms with van der Waals surface area (Å²) >= 11 is 1.16. The molecule has 1 amide bonds. The van der Waals surface area contributed by atoms with Crippen molar-refractivity contribution in [3.05, 3.63) is 23.2 Å². The van der Waals surface area contributed by atoms with Gasteiger partial charge in [0, 0.05) is 6.42 Å². The minimum Gasteiger partial charge on any atom is -0.457 e. The fraction of sp³-hybridized carbons (Fsp3) is 0.588. The number of anilines is 1. The molecule has 1 heterocycles. The number of aryl methyl sites for hydroxylation is 1. The normalized spacial score (nSPS) is 15.2. The molecule has 1 aromatic heterocycles. The predicted molar refractivity (Wildman–Crippen MR) is 91.8 cm³/mol. The minimum atomic E-state index is -0.428. The van der Waals surface area contributed by atoms with Crippen LogP contribution in [-0.4, -0.2) is 23.5 Å². The van der Waals surface area contributed by atoms with E-state index in [0.717, 1.165) is 17.8 Å². The maximum atomic E-state index is 12.0. The molecule has 6 heteroatoms. The quantitative estimate of drug-likeness (QED) is 0.601. The van der Waals surface area contributed by atoms with Gasteiger partial charge in [0.05, 0.1) is 5.69 Å². The molecule has 0 radical (unpaired) electrons. The maximum absolute atomic E-state index is 12.0. The maximum Gasteiger partial charge on any atom is 0.350 e. The van der Waals surface area contributed by atoms with Gasteiger partial charge in [-0.1, -0.05) is 56.1 Å². The molecular weight excluding hydrogens is 312 g/mol. The Balaban J connectivity index is 1.83. The minimum absolute atomic E-state index is 0.0321. The number of ether oxygens (including phenoxy) is 1. The van der Waals surface area contributed by atoms with Crippen molar-refractivity contribution >= 4 is 28.3 Å². The molecule has 1 aromatic rings. The van der Waals surface area contributed by atoms with Crippen molar-refractivity contribution in [2.45, 2.75) is 51.9 Å². The van der Waals surface area contributed by atoms with Crippen LogP contribution < -0.4 is 5.32 Å². The van der Waals surface area contributed by atoms with E-state index in [4.69, 9.17) is 4.74 Å². The van der Waals surface area contributed by atoms with Gasteiger partial charge in [-0.15, -0.1) is 0 Å². The number of hydrogen-bond donors (Lipinski definition) is 1. The highest BCUT2D eigenvalue weighted by Gasteiger charge is 2.19. The van der Waals surface area contributed by atoms with Crippen molar-refractivity contribution < 1.29 is 14.3 Å². The van der Waals surface area contributed by atoms with Gasteiger partial charge in [-0.05, 0) is 19.3 Å². The molecule has 1 N–H and O–H groups in total. The van der Waals surface area contributed by atoms with Crippen molar-refractivity contribution in [1.29, 1.82) is 0 Å². The van der Waals surface area contributed by atoms with Gasteiger partial charge >= 0.3 is 5.97 Å². The molecule has 1 saturated carbocycles. The second-order valence-corrected chi connectivity index (χ2v) is 6.91. The number of carbonyl (C=O) groups excluding carboxylic acids is 2. The molecule has 5 nitrogen and oxygen atoms in total. The largest absolute Gasteiger partial charge is 0.457 e. The zero-order chi connectivity index (χ0) is 16.7. The van der Waals surface area contributed by atoms with Crippen LogP contribution in [0.15, 0.2) is 12.7 Å². The van der Waals surface area contributed by atoms with Crippen LogP contribution in [-0.2, 0) is 9.53 Å². The van der Waals surface area contributed by atoms with Gasteiger partial charge < -0.3 is 10.1 Å². The van der Waals surface area contributed by atoms with Gasteiger partial charge in [-0.25, -0.2) is 9.78 Å². The number of aromatic nitrogens is 1. The first kappa shape index (κ1) is 17.7. The average molecular weight is 336 g/mol. The highest BCUT2D eigenvalue weighted by molar-refractivity contribution is 7.17. The van der Waals surface area contributed by atoms with Gasteiger partial charge in [-0.3, -0.25) is 4.79 Å². The summed E-state index contributed by atoms with van der Waals surface area (Å²) < 4.78 is 5.00. The van der Waals surface area contributed by atoms with Gasteiger partial charge in [0.1, 0.15) is 11.5 Å². The van der Waals surface area contributed by atoms with E-state index in [1.165, 1.54) is 38.2 Å². The summed E-state index contributed by atoms with van der Waals surface area (Å²) in [7, 11) is 0. The van der Waals surface area contributed by atoms with Gasteiger partial charge in [0.15, 0.2) is 5.13 Å². The smallest absolute Gasteiger partial charge is 0.350 e. The molecule has 0 atom stereocenters. The summed E-state index contributed by atoms with van der Waals surface area (Å²) in [6.45, 7) is 5.41. The predicted octanol–water partition coefficient (Wildman–Crippen LogP) is 4.09. The number of thiazole rings is 1. The molecule has 1 aliphatic rings. The van der Waals surface area contributed by atoms with E-state index >= 15 is 0 Å². The van der Waals surface area contributed by atoms with Crippen molar-refractivity contribution in [1.82, 2.24) is 4.98 Å². The molecule has 0 saturated heterocycles. The number of nitrogens with zero attached hydrogens (tertiary/aromatic N) is 1. The van der Waals surface area contributed by atoms with E-state index in [-0.39, 0.29) is 12.5 Å². The van der Waals surface area contributed by atoms with Crippen LogP contribution in [0.5, 0.6) is 0 Å². The lowest BCUT2D eigenvalue weighted by molar-refractivity contribution is -0.116. The number of carbonyl (C=O) groups is 2. The van der Waals surface area contributed by atoms with Crippen molar-refractivity contribution in [3.8, 4) is 0 Å². The van der Waals surface area contributed by atoms with E-state index < -0.39 is 5.97 Å². The third kappa shape index (κ3) is 5.46. The average Bonchev–Trinajstić information content (AvgIpc) is 2.92. The third-order valence-electron chi connectivity index (χ3n) is 4.07. The highest BCUT2D eigenvalue weighted by Crippen LogP contribution is 2.28. The summed E-state index contributed by atoms with van der Waals surface area (Å²) in [4.78, 5) is 28.5. The second-order valence-electron chi connectivity index (χ2n) is 5.91. The second kappa shape index (κ2) is 8.82. The van der Waals surface area contributed by atoms with Crippen LogP contribution in [0.25, 0.3) is 0 Å². The highest BCUT2D eigenvalue weighted by atomic mass is 32.1. The monoisotopic (exact) mass is 336 g/mol. The van der Waals surface area contributed by atoms with Gasteiger partial charge in [0.2, 0.25) is 5.91 Å². The molecule has 23 heavy (non-hydrogen) atoms.